The van der Waals surface area contributed by atoms with Crippen molar-refractivity contribution in [3.05, 3.63) is 64.7 Å². The van der Waals surface area contributed by atoms with Gasteiger partial charge in [-0.05, 0) is 55.9 Å². The molecular formula is C24H25NO3. The van der Waals surface area contributed by atoms with Gasteiger partial charge >= 0.3 is 0 Å². The lowest BCUT2D eigenvalue weighted by Crippen LogP contribution is -2.29. The molecule has 0 saturated carbocycles. The number of carboxylic acid groups (broad SMARTS) is 1. The van der Waals surface area contributed by atoms with Crippen molar-refractivity contribution in [3.8, 4) is 22.5 Å². The third-order valence-electron chi connectivity index (χ3n) is 5.73. The van der Waals surface area contributed by atoms with Crippen LogP contribution in [0.4, 0.5) is 0 Å². The summed E-state index contributed by atoms with van der Waals surface area (Å²) < 4.78 is 8.62. The number of nitrogens with zero attached hydrogens (tertiary/aromatic N) is 1. The highest BCUT2D eigenvalue weighted by Gasteiger charge is 2.25. The quantitative estimate of drug-likeness (QED) is 0.659. The minimum atomic E-state index is -1.14. The van der Waals surface area contributed by atoms with Crippen LogP contribution >= 0.6 is 0 Å². The molecule has 1 aromatic carbocycles. The van der Waals surface area contributed by atoms with Crippen LogP contribution in [-0.4, -0.2) is 19.1 Å². The molecule has 2 aliphatic carbocycles. The van der Waals surface area contributed by atoms with Crippen LogP contribution in [0.5, 0.6) is 0 Å². The van der Waals surface area contributed by atoms with Gasteiger partial charge in [-0.3, -0.25) is 0 Å². The molecule has 144 valence electrons. The number of aryl methyl sites for hydroxylation is 1. The highest BCUT2D eigenvalue weighted by Crippen LogP contribution is 2.42. The first-order valence-corrected chi connectivity index (χ1v) is 10.1. The maximum Gasteiger partial charge on any atom is 0.203 e. The summed E-state index contributed by atoms with van der Waals surface area (Å²) in [5.41, 5.74) is 4.04. The molecule has 0 fully saturated rings. The average molecular weight is 375 g/mol. The number of rotatable bonds is 4. The van der Waals surface area contributed by atoms with Gasteiger partial charge in [-0.2, -0.15) is 0 Å². The van der Waals surface area contributed by atoms with E-state index in [1.54, 1.807) is 12.1 Å². The summed E-state index contributed by atoms with van der Waals surface area (Å²) in [6.07, 6.45) is 3.98. The Morgan fingerprint density at radius 3 is 2.54 bits per heavy atom. The number of hydrogen-bond donors (Lipinski definition) is 0. The lowest BCUT2D eigenvalue weighted by molar-refractivity contribution is -0.254. The molecular weight excluding hydrogens is 350 g/mol. The third kappa shape index (κ3) is 3.13. The maximum absolute atomic E-state index is 11.8. The molecule has 28 heavy (non-hydrogen) atoms. The fourth-order valence-electron chi connectivity index (χ4n) is 4.32. The summed E-state index contributed by atoms with van der Waals surface area (Å²) in [6, 6.07) is 13.4. The lowest BCUT2D eigenvalue weighted by atomic mass is 9.84. The Balaban J connectivity index is 2.08. The molecule has 0 N–H and O–H groups in total. The fraction of sp³-hybridized carbons (Fsp3) is 0.333. The van der Waals surface area contributed by atoms with Gasteiger partial charge in [0.05, 0.1) is 12.0 Å². The van der Waals surface area contributed by atoms with E-state index in [2.05, 4.69) is 36.6 Å². The van der Waals surface area contributed by atoms with Crippen molar-refractivity contribution < 1.29 is 14.3 Å². The van der Waals surface area contributed by atoms with Crippen LogP contribution in [0.3, 0.4) is 0 Å². The summed E-state index contributed by atoms with van der Waals surface area (Å²) in [6.45, 7) is 6.12. The number of aromatic carboxylic acids is 1. The lowest BCUT2D eigenvalue weighted by Gasteiger charge is -2.24. The standard InChI is InChI=1S/C24H25NO3/c1-3-25(4-2)16-13-14-20-22(15-16)28-21-12-8-7-11-19(21)23(20)17-9-5-6-10-18(17)24(26)27/h5-6,9-10,13-15H,3-4,7-8,11-12H2,1-2H3. The minimum Gasteiger partial charge on any atom is -0.545 e. The van der Waals surface area contributed by atoms with Crippen molar-refractivity contribution >= 4 is 5.97 Å². The number of carboxylic acids is 1. The van der Waals surface area contributed by atoms with E-state index in [4.69, 9.17) is 4.42 Å². The van der Waals surface area contributed by atoms with Crippen molar-refractivity contribution in [2.24, 2.45) is 0 Å². The van der Waals surface area contributed by atoms with Crippen molar-refractivity contribution in [3.63, 3.8) is 0 Å². The van der Waals surface area contributed by atoms with E-state index >= 15 is 0 Å². The monoisotopic (exact) mass is 375 g/mol. The maximum atomic E-state index is 11.8. The average Bonchev–Trinajstić information content (AvgIpc) is 2.72. The highest BCUT2D eigenvalue weighted by molar-refractivity contribution is 5.98. The van der Waals surface area contributed by atoms with Crippen LogP contribution in [0.25, 0.3) is 22.5 Å². The smallest absolute Gasteiger partial charge is 0.203 e. The molecule has 0 aromatic heterocycles. The summed E-state index contributed by atoms with van der Waals surface area (Å²) in [5, 5.41) is 12.9. The Hall–Kier alpha value is -2.88. The first-order chi connectivity index (χ1) is 13.6. The number of carbonyl (C=O) groups is 1. The summed E-state index contributed by atoms with van der Waals surface area (Å²) in [7, 11) is 0. The summed E-state index contributed by atoms with van der Waals surface area (Å²) in [5.74, 6) is 0.653. The number of fused-ring (bicyclic) bond motifs is 2. The zero-order chi connectivity index (χ0) is 19.7. The van der Waals surface area contributed by atoms with Crippen LogP contribution in [0.2, 0.25) is 0 Å². The minimum absolute atomic E-state index is 0.232. The van der Waals surface area contributed by atoms with Crippen LogP contribution in [-0.2, 0) is 12.8 Å². The third-order valence-corrected chi connectivity index (χ3v) is 5.73. The fourth-order valence-corrected chi connectivity index (χ4v) is 4.32. The predicted molar refractivity (Wildman–Crippen MR) is 108 cm³/mol. The Labute approximate surface area is 165 Å². The number of carbonyl (C=O) groups excluding carboxylic acids is 1. The highest BCUT2D eigenvalue weighted by atomic mass is 16.4. The van der Waals surface area contributed by atoms with Gasteiger partial charge in [0.15, 0.2) is 0 Å². The number of hydrogen-bond acceptors (Lipinski definition) is 3. The van der Waals surface area contributed by atoms with E-state index < -0.39 is 5.97 Å². The van der Waals surface area contributed by atoms with Gasteiger partial charge in [-0.15, -0.1) is 0 Å². The Kier molecular flexibility index (Phi) is 5.03. The topological polar surface area (TPSA) is 56.3 Å². The summed E-state index contributed by atoms with van der Waals surface area (Å²) >= 11 is 0. The van der Waals surface area contributed by atoms with Crippen LogP contribution in [0.1, 0.15) is 48.4 Å². The molecule has 1 aromatic rings. The van der Waals surface area contributed by atoms with E-state index in [-0.39, 0.29) is 5.56 Å². The van der Waals surface area contributed by atoms with Gasteiger partial charge in [0.2, 0.25) is 5.36 Å². The zero-order valence-corrected chi connectivity index (χ0v) is 16.5. The molecule has 1 aliphatic heterocycles. The van der Waals surface area contributed by atoms with E-state index in [1.165, 1.54) is 0 Å². The first kappa shape index (κ1) is 18.5. The van der Waals surface area contributed by atoms with Gasteiger partial charge in [-0.25, -0.2) is 4.58 Å². The summed E-state index contributed by atoms with van der Waals surface area (Å²) in [4.78, 5) is 11.8. The normalized spacial score (nSPS) is 13.4. The van der Waals surface area contributed by atoms with Gasteiger partial charge in [0.1, 0.15) is 24.6 Å². The van der Waals surface area contributed by atoms with Crippen molar-refractivity contribution in [1.29, 1.82) is 0 Å². The van der Waals surface area contributed by atoms with Gasteiger partial charge < -0.3 is 14.3 Å². The molecule has 3 aliphatic rings. The zero-order valence-electron chi connectivity index (χ0n) is 16.5. The van der Waals surface area contributed by atoms with E-state index in [9.17, 15) is 9.90 Å². The molecule has 0 radical (unpaired) electrons. The van der Waals surface area contributed by atoms with Crippen molar-refractivity contribution in [2.75, 3.05) is 13.1 Å². The van der Waals surface area contributed by atoms with Crippen molar-refractivity contribution in [1.82, 2.24) is 4.58 Å². The molecule has 4 rings (SSSR count). The molecule has 0 unspecified atom stereocenters. The molecule has 4 nitrogen and oxygen atoms in total. The molecule has 1 heterocycles. The predicted octanol–water partition coefficient (Wildman–Crippen LogP) is 3.11. The van der Waals surface area contributed by atoms with Crippen LogP contribution in [0.15, 0.2) is 46.9 Å². The van der Waals surface area contributed by atoms with Crippen molar-refractivity contribution in [2.45, 2.75) is 39.5 Å². The largest absolute Gasteiger partial charge is 0.545 e. The molecule has 0 saturated heterocycles. The van der Waals surface area contributed by atoms with Crippen LogP contribution < -0.4 is 15.0 Å². The molecule has 0 amide bonds. The van der Waals surface area contributed by atoms with Crippen LogP contribution in [0, 0.1) is 0 Å². The molecule has 4 heteroatoms. The number of benzene rings is 2. The van der Waals surface area contributed by atoms with Gasteiger partial charge in [0, 0.05) is 23.6 Å². The molecule has 0 bridgehead atoms. The Morgan fingerprint density at radius 1 is 1.04 bits per heavy atom. The molecule has 0 spiro atoms. The van der Waals surface area contributed by atoms with Gasteiger partial charge in [-0.1, -0.05) is 24.3 Å². The SMILES string of the molecule is CC[N+](CC)=c1ccc2c(-c3ccccc3C(=O)[O-])c3c(oc-2c1)CCCC3. The second-order valence-corrected chi connectivity index (χ2v) is 7.27. The van der Waals surface area contributed by atoms with E-state index in [1.807, 2.05) is 12.1 Å². The van der Waals surface area contributed by atoms with E-state index in [0.29, 0.717) is 0 Å². The second-order valence-electron chi connectivity index (χ2n) is 7.27. The van der Waals surface area contributed by atoms with Gasteiger partial charge in [0.25, 0.3) is 0 Å². The Morgan fingerprint density at radius 2 is 1.79 bits per heavy atom. The first-order valence-electron chi connectivity index (χ1n) is 10.1. The molecule has 0 atom stereocenters. The second kappa shape index (κ2) is 7.63. The Bertz CT molecular complexity index is 1070. The van der Waals surface area contributed by atoms with E-state index in [0.717, 1.165) is 77.9 Å².